The van der Waals surface area contributed by atoms with E-state index in [4.69, 9.17) is 14.2 Å². The number of phenols is 3. The molecule has 0 bridgehead atoms. The molecule has 0 saturated carbocycles. The van der Waals surface area contributed by atoms with Crippen LogP contribution in [0.1, 0.15) is 60.8 Å². The van der Waals surface area contributed by atoms with Crippen LogP contribution in [0.2, 0.25) is 0 Å². The molecule has 0 saturated heterocycles. The highest BCUT2D eigenvalue weighted by Crippen LogP contribution is 2.38. The van der Waals surface area contributed by atoms with E-state index in [1.54, 1.807) is 36.4 Å². The Labute approximate surface area is 265 Å². The number of phenolic OH excluding ortho intramolecular Hbond substituents is 3. The molecule has 45 heavy (non-hydrogen) atoms. The van der Waals surface area contributed by atoms with Gasteiger partial charge in [0.2, 0.25) is 0 Å². The van der Waals surface area contributed by atoms with Crippen molar-refractivity contribution in [3.63, 3.8) is 0 Å². The molecular formula is C36H45N3O6. The molecule has 0 aliphatic heterocycles. The highest BCUT2D eigenvalue weighted by molar-refractivity contribution is 5.74. The third-order valence-corrected chi connectivity index (χ3v) is 7.96. The van der Waals surface area contributed by atoms with Gasteiger partial charge in [-0.25, -0.2) is 15.0 Å². The fourth-order valence-corrected chi connectivity index (χ4v) is 4.18. The normalized spacial score (nSPS) is 13.2. The number of hydrogen-bond acceptors (Lipinski definition) is 9. The van der Waals surface area contributed by atoms with Gasteiger partial charge in [-0.1, -0.05) is 60.8 Å². The lowest BCUT2D eigenvalue weighted by atomic mass is 10.1. The Morgan fingerprint density at radius 1 is 0.489 bits per heavy atom. The summed E-state index contributed by atoms with van der Waals surface area (Å²) in [6.07, 6.45) is 2.95. The third-order valence-electron chi connectivity index (χ3n) is 7.96. The zero-order chi connectivity index (χ0) is 32.5. The van der Waals surface area contributed by atoms with E-state index in [2.05, 4.69) is 56.5 Å². The van der Waals surface area contributed by atoms with Gasteiger partial charge in [0, 0.05) is 18.2 Å². The lowest BCUT2D eigenvalue weighted by Gasteiger charge is -2.15. The lowest BCUT2D eigenvalue weighted by molar-refractivity contribution is 0.255. The van der Waals surface area contributed by atoms with E-state index >= 15 is 0 Å². The van der Waals surface area contributed by atoms with E-state index in [1.165, 1.54) is 18.2 Å². The van der Waals surface area contributed by atoms with Gasteiger partial charge in [0.05, 0.1) is 36.5 Å². The predicted molar refractivity (Wildman–Crippen MR) is 176 cm³/mol. The average Bonchev–Trinajstić information content (AvgIpc) is 3.04. The van der Waals surface area contributed by atoms with Gasteiger partial charge in [0.25, 0.3) is 0 Å². The maximum Gasteiger partial charge on any atom is 0.167 e. The Kier molecular flexibility index (Phi) is 11.5. The maximum atomic E-state index is 11.0. The SMILES string of the molecule is CCC(C)COc1ccc(-c2nc(-c3ccc(OCC(C)CC)cc3O)nc(-c3ccc(OCC(C)CC)cc3O)n2)c(O)c1. The Morgan fingerprint density at radius 2 is 0.756 bits per heavy atom. The molecule has 3 atom stereocenters. The van der Waals surface area contributed by atoms with Gasteiger partial charge in [-0.3, -0.25) is 0 Å². The van der Waals surface area contributed by atoms with Crippen molar-refractivity contribution in [2.45, 2.75) is 60.8 Å². The van der Waals surface area contributed by atoms with E-state index in [-0.39, 0.29) is 34.7 Å². The van der Waals surface area contributed by atoms with Crippen molar-refractivity contribution < 1.29 is 29.5 Å². The molecular weight excluding hydrogens is 570 g/mol. The summed E-state index contributed by atoms with van der Waals surface area (Å²) in [6.45, 7) is 14.2. The summed E-state index contributed by atoms with van der Waals surface area (Å²) in [5.41, 5.74) is 1.03. The fourth-order valence-electron chi connectivity index (χ4n) is 4.18. The molecule has 0 radical (unpaired) electrons. The van der Waals surface area contributed by atoms with Crippen LogP contribution in [-0.2, 0) is 0 Å². The first-order chi connectivity index (χ1) is 21.6. The van der Waals surface area contributed by atoms with Crippen molar-refractivity contribution in [1.82, 2.24) is 15.0 Å². The molecule has 3 aromatic carbocycles. The van der Waals surface area contributed by atoms with Crippen LogP contribution >= 0.6 is 0 Å². The molecule has 4 aromatic rings. The molecule has 4 rings (SSSR count). The maximum absolute atomic E-state index is 11.0. The number of ether oxygens (including phenoxy) is 3. The van der Waals surface area contributed by atoms with Crippen molar-refractivity contribution in [1.29, 1.82) is 0 Å². The van der Waals surface area contributed by atoms with Gasteiger partial charge in [0.1, 0.15) is 34.5 Å². The number of hydrogen-bond donors (Lipinski definition) is 3. The Bertz CT molecular complexity index is 1380. The third kappa shape index (κ3) is 8.77. The van der Waals surface area contributed by atoms with E-state index in [9.17, 15) is 15.3 Å². The van der Waals surface area contributed by atoms with Crippen molar-refractivity contribution >= 4 is 0 Å². The van der Waals surface area contributed by atoms with Gasteiger partial charge in [0.15, 0.2) is 17.5 Å². The second-order valence-corrected chi connectivity index (χ2v) is 11.8. The summed E-state index contributed by atoms with van der Waals surface area (Å²) in [7, 11) is 0. The molecule has 1 heterocycles. The second kappa shape index (κ2) is 15.5. The number of rotatable bonds is 15. The molecule has 0 fully saturated rings. The summed E-state index contributed by atoms with van der Waals surface area (Å²) in [4.78, 5) is 13.9. The largest absolute Gasteiger partial charge is 0.507 e. The summed E-state index contributed by atoms with van der Waals surface area (Å²) < 4.78 is 17.6. The number of benzene rings is 3. The smallest absolute Gasteiger partial charge is 0.167 e. The molecule has 9 heteroatoms. The lowest BCUT2D eigenvalue weighted by Crippen LogP contribution is -2.07. The average molecular weight is 616 g/mol. The fraction of sp³-hybridized carbons (Fsp3) is 0.417. The predicted octanol–water partition coefficient (Wildman–Crippen LogP) is 8.26. The minimum atomic E-state index is -0.0734. The first kappa shape index (κ1) is 33.4. The molecule has 3 N–H and O–H groups in total. The molecule has 240 valence electrons. The quantitative estimate of drug-likeness (QED) is 0.121. The highest BCUT2D eigenvalue weighted by atomic mass is 16.5. The van der Waals surface area contributed by atoms with E-state index in [1.807, 2.05) is 0 Å². The summed E-state index contributed by atoms with van der Waals surface area (Å²) in [5.74, 6) is 2.98. The molecule has 0 amide bonds. The summed E-state index contributed by atoms with van der Waals surface area (Å²) in [6, 6.07) is 14.9. The topological polar surface area (TPSA) is 127 Å². The van der Waals surface area contributed by atoms with Crippen molar-refractivity contribution in [2.75, 3.05) is 19.8 Å². The standard InChI is InChI=1S/C36H45N3O6/c1-7-22(4)19-43-25-10-13-28(31(40)16-25)34-37-35(29-14-11-26(17-32(29)41)44-20-23(5)8-2)39-36(38-34)30-15-12-27(18-33(30)42)45-21-24(6)9-3/h10-18,22-24,40-42H,7-9,19-21H2,1-6H3. The zero-order valence-electron chi connectivity index (χ0n) is 27.1. The van der Waals surface area contributed by atoms with Crippen LogP contribution in [0.3, 0.4) is 0 Å². The Balaban J connectivity index is 1.75. The van der Waals surface area contributed by atoms with Gasteiger partial charge in [-0.2, -0.15) is 0 Å². The summed E-state index contributed by atoms with van der Waals surface area (Å²) >= 11 is 0. The highest BCUT2D eigenvalue weighted by Gasteiger charge is 2.20. The minimum Gasteiger partial charge on any atom is -0.507 e. The molecule has 0 aliphatic rings. The second-order valence-electron chi connectivity index (χ2n) is 11.8. The minimum absolute atomic E-state index is 0.0734. The van der Waals surface area contributed by atoms with Crippen LogP contribution in [0.15, 0.2) is 54.6 Å². The first-order valence-electron chi connectivity index (χ1n) is 15.8. The Hall–Kier alpha value is -4.53. The first-order valence-corrected chi connectivity index (χ1v) is 15.8. The number of aromatic hydroxyl groups is 3. The van der Waals surface area contributed by atoms with Gasteiger partial charge in [-0.05, 0) is 54.2 Å². The van der Waals surface area contributed by atoms with Gasteiger partial charge >= 0.3 is 0 Å². The van der Waals surface area contributed by atoms with Crippen molar-refractivity contribution in [3.8, 4) is 68.7 Å². The van der Waals surface area contributed by atoms with E-state index in [0.29, 0.717) is 71.5 Å². The molecule has 0 spiro atoms. The van der Waals surface area contributed by atoms with Crippen LogP contribution in [0.4, 0.5) is 0 Å². The van der Waals surface area contributed by atoms with Crippen molar-refractivity contribution in [2.24, 2.45) is 17.8 Å². The molecule has 1 aromatic heterocycles. The van der Waals surface area contributed by atoms with Crippen LogP contribution in [-0.4, -0.2) is 50.1 Å². The van der Waals surface area contributed by atoms with Gasteiger partial charge in [-0.15, -0.1) is 0 Å². The van der Waals surface area contributed by atoms with E-state index in [0.717, 1.165) is 19.3 Å². The molecule has 9 nitrogen and oxygen atoms in total. The number of aromatic nitrogens is 3. The summed E-state index contributed by atoms with van der Waals surface area (Å²) in [5, 5.41) is 33.0. The van der Waals surface area contributed by atoms with E-state index < -0.39 is 0 Å². The Morgan fingerprint density at radius 3 is 0.978 bits per heavy atom. The number of nitrogens with zero attached hydrogens (tertiary/aromatic N) is 3. The van der Waals surface area contributed by atoms with Crippen LogP contribution in [0.25, 0.3) is 34.2 Å². The molecule has 0 aliphatic carbocycles. The monoisotopic (exact) mass is 615 g/mol. The van der Waals surface area contributed by atoms with Crippen LogP contribution in [0.5, 0.6) is 34.5 Å². The van der Waals surface area contributed by atoms with Crippen LogP contribution in [0, 0.1) is 17.8 Å². The molecule has 3 unspecified atom stereocenters. The zero-order valence-corrected chi connectivity index (χ0v) is 27.1. The van der Waals surface area contributed by atoms with Crippen molar-refractivity contribution in [3.05, 3.63) is 54.6 Å². The van der Waals surface area contributed by atoms with Gasteiger partial charge < -0.3 is 29.5 Å². The van der Waals surface area contributed by atoms with Crippen LogP contribution < -0.4 is 14.2 Å².